The number of carbonyl (C=O) groups is 1. The van der Waals surface area contributed by atoms with Crippen LogP contribution in [0, 0.1) is 0 Å². The summed E-state index contributed by atoms with van der Waals surface area (Å²) in [5, 5.41) is 4.02. The van der Waals surface area contributed by atoms with Crippen molar-refractivity contribution in [3.05, 3.63) is 126 Å². The molecule has 3 aromatic carbocycles. The zero-order valence-electron chi connectivity index (χ0n) is 17.8. The number of aromatic nitrogens is 3. The van der Waals surface area contributed by atoms with Crippen molar-refractivity contribution >= 4 is 28.7 Å². The highest BCUT2D eigenvalue weighted by Crippen LogP contribution is 2.24. The van der Waals surface area contributed by atoms with Gasteiger partial charge >= 0.3 is 0 Å². The Bertz CT molecular complexity index is 1280. The third-order valence-corrected chi connectivity index (χ3v) is 6.30. The van der Waals surface area contributed by atoms with E-state index in [1.54, 1.807) is 18.0 Å². The maximum Gasteiger partial charge on any atom is 0.252 e. The number of hydrogen-bond acceptors (Lipinski definition) is 4. The first-order valence-corrected chi connectivity index (χ1v) is 11.7. The van der Waals surface area contributed by atoms with E-state index in [1.165, 1.54) is 0 Å². The minimum absolute atomic E-state index is 0.133. The first-order chi connectivity index (χ1) is 16.3. The lowest BCUT2D eigenvalue weighted by atomic mass is 10.0. The van der Waals surface area contributed by atoms with E-state index in [-0.39, 0.29) is 11.9 Å². The van der Waals surface area contributed by atoms with Gasteiger partial charge in [-0.05, 0) is 47.5 Å². The monoisotopic (exact) mass is 450 g/mol. The summed E-state index contributed by atoms with van der Waals surface area (Å²) in [5.74, 6) is 0.633. The van der Waals surface area contributed by atoms with Crippen molar-refractivity contribution in [3.63, 3.8) is 0 Å². The lowest BCUT2D eigenvalue weighted by Gasteiger charge is -2.19. The number of H-pyrrole nitrogens is 1. The van der Waals surface area contributed by atoms with Crippen LogP contribution in [-0.2, 0) is 5.75 Å². The van der Waals surface area contributed by atoms with Crippen LogP contribution in [0.5, 0.6) is 0 Å². The van der Waals surface area contributed by atoms with Crippen molar-refractivity contribution in [1.29, 1.82) is 0 Å². The molecule has 5 nitrogen and oxygen atoms in total. The van der Waals surface area contributed by atoms with Gasteiger partial charge in [-0.25, -0.2) is 4.98 Å². The van der Waals surface area contributed by atoms with Gasteiger partial charge < -0.3 is 10.3 Å². The van der Waals surface area contributed by atoms with Gasteiger partial charge in [0.2, 0.25) is 0 Å². The molecule has 0 spiro atoms. The van der Waals surface area contributed by atoms with Gasteiger partial charge in [0.15, 0.2) is 5.16 Å². The summed E-state index contributed by atoms with van der Waals surface area (Å²) in [6.45, 7) is 0. The molecule has 1 amide bonds. The number of benzene rings is 3. The van der Waals surface area contributed by atoms with E-state index in [4.69, 9.17) is 0 Å². The van der Waals surface area contributed by atoms with Gasteiger partial charge in [0.25, 0.3) is 5.91 Å². The summed E-state index contributed by atoms with van der Waals surface area (Å²) in [6.07, 6.45) is 1.74. The third kappa shape index (κ3) is 4.96. The van der Waals surface area contributed by atoms with E-state index in [2.05, 4.69) is 20.3 Å². The maximum absolute atomic E-state index is 13.0. The number of hydrogen-bond donors (Lipinski definition) is 2. The Kier molecular flexibility index (Phi) is 6.17. The SMILES string of the molecule is O=C(NC(c1ccccc1)c1ccccn1)c1ccc(CSc2nc3ccccc3[nH]2)cc1. The highest BCUT2D eigenvalue weighted by atomic mass is 32.2. The van der Waals surface area contributed by atoms with E-state index in [0.29, 0.717) is 5.56 Å². The molecule has 0 saturated carbocycles. The van der Waals surface area contributed by atoms with Crippen LogP contribution in [-0.4, -0.2) is 20.9 Å². The number of nitrogens with one attached hydrogen (secondary N) is 2. The number of carbonyl (C=O) groups excluding carboxylic acids is 1. The van der Waals surface area contributed by atoms with Crippen LogP contribution in [0.1, 0.15) is 33.2 Å². The van der Waals surface area contributed by atoms with Gasteiger partial charge in [0.1, 0.15) is 0 Å². The Labute approximate surface area is 196 Å². The molecule has 0 bridgehead atoms. The molecule has 0 saturated heterocycles. The second-order valence-corrected chi connectivity index (χ2v) is 8.58. The fourth-order valence-corrected chi connectivity index (χ4v) is 4.48. The molecular formula is C27H22N4OS. The minimum Gasteiger partial charge on any atom is -0.340 e. The molecule has 0 fully saturated rings. The van der Waals surface area contributed by atoms with Gasteiger partial charge in [-0.1, -0.05) is 72.4 Å². The number of imidazole rings is 1. The molecule has 6 heteroatoms. The predicted octanol–water partition coefficient (Wildman–Crippen LogP) is 5.77. The van der Waals surface area contributed by atoms with Crippen molar-refractivity contribution in [3.8, 4) is 0 Å². The largest absolute Gasteiger partial charge is 0.340 e. The zero-order valence-corrected chi connectivity index (χ0v) is 18.6. The average molecular weight is 451 g/mol. The molecule has 0 aliphatic heterocycles. The zero-order chi connectivity index (χ0) is 22.5. The predicted molar refractivity (Wildman–Crippen MR) is 132 cm³/mol. The molecule has 0 aliphatic rings. The molecule has 5 aromatic rings. The lowest BCUT2D eigenvalue weighted by Crippen LogP contribution is -2.29. The standard InChI is InChI=1S/C27H22N4OS/c32-26(31-25(20-8-2-1-3-9-20)24-12-6-7-17-28-24)21-15-13-19(14-16-21)18-33-27-29-22-10-4-5-11-23(22)30-27/h1-17,25H,18H2,(H,29,30)(H,31,32). The quantitative estimate of drug-likeness (QED) is 0.309. The van der Waals surface area contributed by atoms with Gasteiger partial charge in [0.05, 0.1) is 22.8 Å². The van der Waals surface area contributed by atoms with E-state index >= 15 is 0 Å². The molecular weight excluding hydrogens is 428 g/mol. The summed E-state index contributed by atoms with van der Waals surface area (Å²) >= 11 is 1.64. The van der Waals surface area contributed by atoms with E-state index in [0.717, 1.165) is 38.8 Å². The molecule has 2 N–H and O–H groups in total. The highest BCUT2D eigenvalue weighted by molar-refractivity contribution is 7.98. The number of thioether (sulfide) groups is 1. The van der Waals surface area contributed by atoms with Crippen LogP contribution in [0.2, 0.25) is 0 Å². The van der Waals surface area contributed by atoms with Crippen molar-refractivity contribution < 1.29 is 4.79 Å². The van der Waals surface area contributed by atoms with Crippen LogP contribution in [0.15, 0.2) is 108 Å². The van der Waals surface area contributed by atoms with Gasteiger partial charge in [-0.15, -0.1) is 0 Å². The first-order valence-electron chi connectivity index (χ1n) is 10.7. The fraction of sp³-hybridized carbons (Fsp3) is 0.0741. The maximum atomic E-state index is 13.0. The molecule has 0 radical (unpaired) electrons. The average Bonchev–Trinajstić information content (AvgIpc) is 3.30. The highest BCUT2D eigenvalue weighted by Gasteiger charge is 2.18. The molecule has 162 valence electrons. The van der Waals surface area contributed by atoms with Crippen LogP contribution in [0.3, 0.4) is 0 Å². The van der Waals surface area contributed by atoms with Gasteiger partial charge in [0, 0.05) is 17.5 Å². The topological polar surface area (TPSA) is 70.7 Å². The van der Waals surface area contributed by atoms with Crippen LogP contribution >= 0.6 is 11.8 Å². The van der Waals surface area contributed by atoms with Crippen molar-refractivity contribution in [1.82, 2.24) is 20.3 Å². The van der Waals surface area contributed by atoms with Crippen molar-refractivity contribution in [2.45, 2.75) is 17.0 Å². The van der Waals surface area contributed by atoms with Crippen molar-refractivity contribution in [2.24, 2.45) is 0 Å². The summed E-state index contributed by atoms with van der Waals surface area (Å²) in [7, 11) is 0. The minimum atomic E-state index is -0.316. The van der Waals surface area contributed by atoms with Gasteiger partial charge in [-0.2, -0.15) is 0 Å². The Morgan fingerprint density at radius 1 is 0.879 bits per heavy atom. The number of nitrogens with zero attached hydrogens (tertiary/aromatic N) is 2. The summed E-state index contributed by atoms with van der Waals surface area (Å²) < 4.78 is 0. The molecule has 2 aromatic heterocycles. The Morgan fingerprint density at radius 2 is 1.64 bits per heavy atom. The summed E-state index contributed by atoms with van der Waals surface area (Å²) in [5.41, 5.74) is 5.53. The second-order valence-electron chi connectivity index (χ2n) is 7.62. The number of aromatic amines is 1. The van der Waals surface area contributed by atoms with Crippen LogP contribution < -0.4 is 5.32 Å². The lowest BCUT2D eigenvalue weighted by molar-refractivity contribution is 0.0942. The number of rotatable bonds is 7. The number of para-hydroxylation sites is 2. The Balaban J connectivity index is 1.27. The molecule has 2 heterocycles. The van der Waals surface area contributed by atoms with E-state index in [9.17, 15) is 4.79 Å². The molecule has 33 heavy (non-hydrogen) atoms. The molecule has 1 unspecified atom stereocenters. The molecule has 0 aliphatic carbocycles. The number of pyridine rings is 1. The van der Waals surface area contributed by atoms with E-state index in [1.807, 2.05) is 97.1 Å². The second kappa shape index (κ2) is 9.71. The first kappa shape index (κ1) is 21.0. The Hall–Kier alpha value is -3.90. The van der Waals surface area contributed by atoms with Crippen LogP contribution in [0.4, 0.5) is 0 Å². The molecule has 5 rings (SSSR count). The number of amides is 1. The fourth-order valence-electron chi connectivity index (χ4n) is 3.64. The Morgan fingerprint density at radius 3 is 2.39 bits per heavy atom. The smallest absolute Gasteiger partial charge is 0.252 e. The van der Waals surface area contributed by atoms with Crippen molar-refractivity contribution in [2.75, 3.05) is 0 Å². The van der Waals surface area contributed by atoms with E-state index < -0.39 is 0 Å². The molecule has 1 atom stereocenters. The van der Waals surface area contributed by atoms with Gasteiger partial charge in [-0.3, -0.25) is 9.78 Å². The summed E-state index contributed by atoms with van der Waals surface area (Å²) in [6, 6.07) is 31.0. The normalized spacial score (nSPS) is 11.9. The number of fused-ring (bicyclic) bond motifs is 1. The summed E-state index contributed by atoms with van der Waals surface area (Å²) in [4.78, 5) is 25.4. The van der Waals surface area contributed by atoms with Crippen LogP contribution in [0.25, 0.3) is 11.0 Å². The third-order valence-electron chi connectivity index (χ3n) is 5.35.